The van der Waals surface area contributed by atoms with E-state index in [0.29, 0.717) is 13.0 Å². The highest BCUT2D eigenvalue weighted by Gasteiger charge is 2.18. The molecule has 158 valence electrons. The van der Waals surface area contributed by atoms with Crippen molar-refractivity contribution in [3.05, 3.63) is 23.8 Å². The monoisotopic (exact) mass is 504 g/mol. The van der Waals surface area contributed by atoms with Crippen LogP contribution < -0.4 is 20.1 Å². The van der Waals surface area contributed by atoms with Gasteiger partial charge < -0.3 is 25.0 Å². The molecule has 1 aromatic rings. The normalized spacial score (nSPS) is 13.9. The number of hydrogen-bond donors (Lipinski definition) is 2. The molecule has 2 rings (SSSR count). The van der Waals surface area contributed by atoms with Crippen LogP contribution in [0.2, 0.25) is 0 Å². The van der Waals surface area contributed by atoms with E-state index >= 15 is 0 Å². The van der Waals surface area contributed by atoms with Gasteiger partial charge in [0.2, 0.25) is 5.91 Å². The Labute approximate surface area is 185 Å². The first-order chi connectivity index (χ1) is 13.2. The molecule has 0 saturated carbocycles. The third kappa shape index (κ3) is 7.73. The maximum absolute atomic E-state index is 11.6. The number of rotatable bonds is 10. The number of benzene rings is 1. The van der Waals surface area contributed by atoms with E-state index in [1.54, 1.807) is 14.2 Å². The quantitative estimate of drug-likeness (QED) is 0.222. The fourth-order valence-electron chi connectivity index (χ4n) is 3.10. The summed E-state index contributed by atoms with van der Waals surface area (Å²) in [5, 5.41) is 6.62. The predicted octanol–water partition coefficient (Wildman–Crippen LogP) is 2.43. The van der Waals surface area contributed by atoms with E-state index in [1.807, 2.05) is 23.1 Å². The van der Waals surface area contributed by atoms with Gasteiger partial charge >= 0.3 is 0 Å². The molecule has 0 aliphatic carbocycles. The van der Waals surface area contributed by atoms with E-state index in [1.165, 1.54) is 5.56 Å². The van der Waals surface area contributed by atoms with Crippen LogP contribution in [0.25, 0.3) is 0 Å². The summed E-state index contributed by atoms with van der Waals surface area (Å²) in [5.74, 6) is 2.57. The van der Waals surface area contributed by atoms with Crippen LogP contribution in [-0.2, 0) is 11.2 Å². The van der Waals surface area contributed by atoms with Gasteiger partial charge in [0, 0.05) is 39.1 Å². The van der Waals surface area contributed by atoms with Crippen molar-refractivity contribution in [2.75, 3.05) is 46.9 Å². The van der Waals surface area contributed by atoms with E-state index in [9.17, 15) is 4.79 Å². The number of methoxy groups -OCH3 is 2. The zero-order valence-corrected chi connectivity index (χ0v) is 19.5. The van der Waals surface area contributed by atoms with Gasteiger partial charge in [-0.15, -0.1) is 24.0 Å². The molecule has 1 saturated heterocycles. The number of nitrogens with one attached hydrogen (secondary N) is 2. The zero-order chi connectivity index (χ0) is 19.5. The molecule has 1 heterocycles. The number of guanidine groups is 1. The summed E-state index contributed by atoms with van der Waals surface area (Å²) in [7, 11) is 3.28. The summed E-state index contributed by atoms with van der Waals surface area (Å²) < 4.78 is 10.6. The second-order valence-corrected chi connectivity index (χ2v) is 6.46. The summed E-state index contributed by atoms with van der Waals surface area (Å²) in [6.45, 7) is 6.03. The fraction of sp³-hybridized carbons (Fsp3) is 0.600. The summed E-state index contributed by atoms with van der Waals surface area (Å²) in [4.78, 5) is 18.2. The molecule has 0 spiro atoms. The molecule has 0 aromatic heterocycles. The minimum Gasteiger partial charge on any atom is -0.493 e. The number of hydrogen-bond acceptors (Lipinski definition) is 4. The lowest BCUT2D eigenvalue weighted by atomic mass is 10.1. The number of likely N-dealkylation sites (tertiary alicyclic amines) is 1. The molecule has 0 atom stereocenters. The zero-order valence-electron chi connectivity index (χ0n) is 17.1. The van der Waals surface area contributed by atoms with Crippen LogP contribution in [0.3, 0.4) is 0 Å². The van der Waals surface area contributed by atoms with Gasteiger partial charge in [-0.2, -0.15) is 0 Å². The molecule has 1 fully saturated rings. The highest BCUT2D eigenvalue weighted by atomic mass is 127. The number of aliphatic imine (C=N–C) groups is 1. The number of ether oxygens (including phenoxy) is 2. The number of halogens is 1. The topological polar surface area (TPSA) is 75.2 Å². The van der Waals surface area contributed by atoms with Crippen molar-refractivity contribution in [2.24, 2.45) is 4.99 Å². The molecule has 1 aliphatic rings. The Morgan fingerprint density at radius 2 is 2.00 bits per heavy atom. The van der Waals surface area contributed by atoms with Crippen LogP contribution in [0.15, 0.2) is 23.2 Å². The second-order valence-electron chi connectivity index (χ2n) is 6.46. The van der Waals surface area contributed by atoms with E-state index in [0.717, 1.165) is 62.9 Å². The molecule has 2 N–H and O–H groups in total. The van der Waals surface area contributed by atoms with Gasteiger partial charge in [0.25, 0.3) is 0 Å². The third-order valence-corrected chi connectivity index (χ3v) is 4.53. The molecular formula is C20H33IN4O3. The lowest BCUT2D eigenvalue weighted by Gasteiger charge is -2.15. The Hall–Kier alpha value is -1.71. The number of carbonyl (C=O) groups is 1. The van der Waals surface area contributed by atoms with Crippen molar-refractivity contribution >= 4 is 35.8 Å². The fourth-order valence-corrected chi connectivity index (χ4v) is 3.10. The smallest absolute Gasteiger partial charge is 0.222 e. The van der Waals surface area contributed by atoms with Crippen LogP contribution in [0.4, 0.5) is 0 Å². The summed E-state index contributed by atoms with van der Waals surface area (Å²) >= 11 is 0. The third-order valence-electron chi connectivity index (χ3n) is 4.53. The van der Waals surface area contributed by atoms with Gasteiger partial charge in [0.1, 0.15) is 0 Å². The first-order valence-corrected chi connectivity index (χ1v) is 9.68. The molecule has 8 heteroatoms. The standard InChI is InChI=1S/C20H32N4O3.HI/c1-4-21-20(22-11-6-14-24-13-5-7-19(24)25)23-12-10-16-8-9-17(26-2)18(15-16)27-3;/h8-9,15H,4-7,10-14H2,1-3H3,(H2,21,22,23);1H. The van der Waals surface area contributed by atoms with Crippen molar-refractivity contribution in [1.82, 2.24) is 15.5 Å². The van der Waals surface area contributed by atoms with E-state index < -0.39 is 0 Å². The molecule has 0 bridgehead atoms. The molecule has 28 heavy (non-hydrogen) atoms. The SMILES string of the molecule is CCNC(=NCCCN1CCCC1=O)NCCc1ccc(OC)c(OC)c1.I. The van der Waals surface area contributed by atoms with E-state index in [2.05, 4.69) is 22.5 Å². The Bertz CT molecular complexity index is 640. The highest BCUT2D eigenvalue weighted by molar-refractivity contribution is 14.0. The minimum atomic E-state index is 0. The molecule has 1 aliphatic heterocycles. The van der Waals surface area contributed by atoms with E-state index in [-0.39, 0.29) is 29.9 Å². The molecule has 0 unspecified atom stereocenters. The summed E-state index contributed by atoms with van der Waals surface area (Å²) in [5.41, 5.74) is 1.17. The molecule has 1 amide bonds. The van der Waals surface area contributed by atoms with Crippen molar-refractivity contribution < 1.29 is 14.3 Å². The van der Waals surface area contributed by atoms with Gasteiger partial charge in [-0.1, -0.05) is 6.07 Å². The van der Waals surface area contributed by atoms with Gasteiger partial charge in [-0.05, 0) is 43.9 Å². The molecule has 7 nitrogen and oxygen atoms in total. The van der Waals surface area contributed by atoms with Crippen LogP contribution in [-0.4, -0.2) is 63.7 Å². The summed E-state index contributed by atoms with van der Waals surface area (Å²) in [6.07, 6.45) is 3.43. The maximum atomic E-state index is 11.6. The number of amides is 1. The van der Waals surface area contributed by atoms with Crippen molar-refractivity contribution in [2.45, 2.75) is 32.6 Å². The average molecular weight is 504 g/mol. The number of carbonyl (C=O) groups excluding carboxylic acids is 1. The van der Waals surface area contributed by atoms with Gasteiger partial charge in [0.15, 0.2) is 17.5 Å². The van der Waals surface area contributed by atoms with Crippen molar-refractivity contribution in [1.29, 1.82) is 0 Å². The molecule has 0 radical (unpaired) electrons. The minimum absolute atomic E-state index is 0. The van der Waals surface area contributed by atoms with Crippen LogP contribution in [0.5, 0.6) is 11.5 Å². The molecule has 1 aromatic carbocycles. The lowest BCUT2D eigenvalue weighted by Crippen LogP contribution is -2.38. The van der Waals surface area contributed by atoms with Crippen molar-refractivity contribution in [3.63, 3.8) is 0 Å². The maximum Gasteiger partial charge on any atom is 0.222 e. The predicted molar refractivity (Wildman–Crippen MR) is 123 cm³/mol. The number of nitrogens with zero attached hydrogens (tertiary/aromatic N) is 2. The first kappa shape index (κ1) is 24.3. The molecular weight excluding hydrogens is 471 g/mol. The summed E-state index contributed by atoms with van der Waals surface area (Å²) in [6, 6.07) is 5.96. The Kier molecular flexibility index (Phi) is 11.7. The highest BCUT2D eigenvalue weighted by Crippen LogP contribution is 2.27. The largest absolute Gasteiger partial charge is 0.493 e. The van der Waals surface area contributed by atoms with Gasteiger partial charge in [-0.25, -0.2) is 0 Å². The van der Waals surface area contributed by atoms with Crippen LogP contribution in [0.1, 0.15) is 31.7 Å². The lowest BCUT2D eigenvalue weighted by molar-refractivity contribution is -0.127. The Balaban J connectivity index is 0.00000392. The van der Waals surface area contributed by atoms with Crippen LogP contribution >= 0.6 is 24.0 Å². The average Bonchev–Trinajstić information content (AvgIpc) is 3.09. The first-order valence-electron chi connectivity index (χ1n) is 9.68. The van der Waals surface area contributed by atoms with Crippen molar-refractivity contribution in [3.8, 4) is 11.5 Å². The van der Waals surface area contributed by atoms with E-state index in [4.69, 9.17) is 9.47 Å². The Morgan fingerprint density at radius 3 is 2.64 bits per heavy atom. The van der Waals surface area contributed by atoms with Crippen LogP contribution in [0, 0.1) is 0 Å². The Morgan fingerprint density at radius 1 is 1.21 bits per heavy atom. The van der Waals surface area contributed by atoms with Gasteiger partial charge in [-0.3, -0.25) is 9.79 Å². The van der Waals surface area contributed by atoms with Gasteiger partial charge in [0.05, 0.1) is 14.2 Å². The second kappa shape index (κ2) is 13.5.